The molecule has 0 aliphatic carbocycles. The van der Waals surface area contributed by atoms with E-state index in [4.69, 9.17) is 16.3 Å². The van der Waals surface area contributed by atoms with Crippen LogP contribution in [0.2, 0.25) is 5.02 Å². The number of hydrogen-bond donors (Lipinski definition) is 2. The van der Waals surface area contributed by atoms with Gasteiger partial charge in [0.1, 0.15) is 5.75 Å². The van der Waals surface area contributed by atoms with Gasteiger partial charge in [-0.15, -0.1) is 0 Å². The molecule has 0 saturated carbocycles. The van der Waals surface area contributed by atoms with E-state index in [0.29, 0.717) is 27.4 Å². The number of benzene rings is 2. The summed E-state index contributed by atoms with van der Waals surface area (Å²) >= 11 is 5.80. The van der Waals surface area contributed by atoms with E-state index < -0.39 is 10.0 Å². The number of H-pyrrole nitrogens is 1. The highest BCUT2D eigenvalue weighted by atomic mass is 35.5. The summed E-state index contributed by atoms with van der Waals surface area (Å²) in [6, 6.07) is 13.5. The van der Waals surface area contributed by atoms with E-state index in [2.05, 4.69) is 9.71 Å². The predicted octanol–water partition coefficient (Wildman–Crippen LogP) is 2.81. The highest BCUT2D eigenvalue weighted by Gasteiger charge is 2.13. The number of fused-ring (bicyclic) bond motifs is 1. The van der Waals surface area contributed by atoms with Crippen molar-refractivity contribution >= 4 is 32.5 Å². The van der Waals surface area contributed by atoms with Gasteiger partial charge < -0.3 is 9.72 Å². The third kappa shape index (κ3) is 4.43. The van der Waals surface area contributed by atoms with E-state index in [0.717, 1.165) is 5.39 Å². The van der Waals surface area contributed by atoms with Crippen LogP contribution in [-0.4, -0.2) is 20.5 Å². The molecule has 2 N–H and O–H groups in total. The largest absolute Gasteiger partial charge is 0.497 e. The lowest BCUT2D eigenvalue weighted by Crippen LogP contribution is -2.28. The molecule has 2 aromatic carbocycles. The number of aromatic nitrogens is 1. The zero-order valence-electron chi connectivity index (χ0n) is 14.0. The number of nitrogens with one attached hydrogen (secondary N) is 2. The Morgan fingerprint density at radius 2 is 1.85 bits per heavy atom. The van der Waals surface area contributed by atoms with Gasteiger partial charge in [-0.3, -0.25) is 4.79 Å². The molecule has 0 radical (unpaired) electrons. The summed E-state index contributed by atoms with van der Waals surface area (Å²) in [6.07, 6.45) is 0. The van der Waals surface area contributed by atoms with Gasteiger partial charge in [0, 0.05) is 23.2 Å². The van der Waals surface area contributed by atoms with Crippen LogP contribution in [0, 0.1) is 0 Å². The van der Waals surface area contributed by atoms with Crippen LogP contribution in [0.25, 0.3) is 10.9 Å². The van der Waals surface area contributed by atoms with Gasteiger partial charge in [-0.05, 0) is 41.3 Å². The van der Waals surface area contributed by atoms with Crippen LogP contribution < -0.4 is 15.0 Å². The molecule has 3 aromatic rings. The topological polar surface area (TPSA) is 88.3 Å². The fraction of sp³-hybridized carbons (Fsp3) is 0.167. The zero-order valence-corrected chi connectivity index (χ0v) is 15.5. The molecule has 3 rings (SSSR count). The van der Waals surface area contributed by atoms with Crippen LogP contribution in [-0.2, 0) is 22.3 Å². The van der Waals surface area contributed by atoms with Crippen molar-refractivity contribution in [1.29, 1.82) is 0 Å². The molecule has 0 aliphatic heterocycles. The molecular weight excluding hydrogens is 376 g/mol. The molecular formula is C18H17ClN2O4S. The molecule has 0 atom stereocenters. The third-order valence-electron chi connectivity index (χ3n) is 3.88. The normalized spacial score (nSPS) is 11.6. The highest BCUT2D eigenvalue weighted by molar-refractivity contribution is 7.88. The molecule has 0 fully saturated rings. The zero-order chi connectivity index (χ0) is 18.7. The number of rotatable bonds is 6. The number of hydrogen-bond acceptors (Lipinski definition) is 4. The smallest absolute Gasteiger partial charge is 0.252 e. The number of ether oxygens (including phenoxy) is 1. The second kappa shape index (κ2) is 7.49. The van der Waals surface area contributed by atoms with E-state index in [1.807, 2.05) is 0 Å². The molecule has 0 spiro atoms. The summed E-state index contributed by atoms with van der Waals surface area (Å²) < 4.78 is 32.1. The lowest BCUT2D eigenvalue weighted by molar-refractivity contribution is 0.415. The Hall–Kier alpha value is -2.35. The van der Waals surface area contributed by atoms with Crippen molar-refractivity contribution in [2.45, 2.75) is 12.3 Å². The number of halogens is 1. The molecule has 0 amide bonds. The Bertz CT molecular complexity index is 1090. The summed E-state index contributed by atoms with van der Waals surface area (Å²) in [5.74, 6) is 0.442. The van der Waals surface area contributed by atoms with Gasteiger partial charge in [0.25, 0.3) is 5.56 Å². The second-order valence-corrected chi connectivity index (χ2v) is 8.03. The number of pyridine rings is 1. The van der Waals surface area contributed by atoms with Gasteiger partial charge >= 0.3 is 0 Å². The quantitative estimate of drug-likeness (QED) is 0.675. The molecule has 0 aliphatic rings. The molecule has 0 unspecified atom stereocenters. The Morgan fingerprint density at radius 3 is 2.54 bits per heavy atom. The Balaban J connectivity index is 1.77. The van der Waals surface area contributed by atoms with Gasteiger partial charge in [-0.1, -0.05) is 23.7 Å². The minimum Gasteiger partial charge on any atom is -0.497 e. The van der Waals surface area contributed by atoms with Gasteiger partial charge in [-0.2, -0.15) is 0 Å². The number of aromatic amines is 1. The minimum atomic E-state index is -3.59. The summed E-state index contributed by atoms with van der Waals surface area (Å²) in [6.45, 7) is -0.0901. The first kappa shape index (κ1) is 18.4. The Kier molecular flexibility index (Phi) is 5.31. The van der Waals surface area contributed by atoms with Crippen molar-refractivity contribution < 1.29 is 13.2 Å². The number of sulfonamides is 1. The van der Waals surface area contributed by atoms with Crippen LogP contribution in [0.1, 0.15) is 11.1 Å². The van der Waals surface area contributed by atoms with Gasteiger partial charge in [0.2, 0.25) is 10.0 Å². The first-order valence-electron chi connectivity index (χ1n) is 7.78. The summed E-state index contributed by atoms with van der Waals surface area (Å²) in [4.78, 5) is 14.9. The average Bonchev–Trinajstić information content (AvgIpc) is 2.61. The van der Waals surface area contributed by atoms with E-state index in [-0.39, 0.29) is 17.9 Å². The Morgan fingerprint density at radius 1 is 1.12 bits per heavy atom. The van der Waals surface area contributed by atoms with Gasteiger partial charge in [-0.25, -0.2) is 13.1 Å². The summed E-state index contributed by atoms with van der Waals surface area (Å²) in [5, 5.41) is 1.33. The first-order valence-corrected chi connectivity index (χ1v) is 9.81. The van der Waals surface area contributed by atoms with Crippen LogP contribution in [0.15, 0.2) is 53.3 Å². The molecule has 6 nitrogen and oxygen atoms in total. The lowest BCUT2D eigenvalue weighted by Gasteiger charge is -2.08. The fourth-order valence-electron chi connectivity index (χ4n) is 2.52. The van der Waals surface area contributed by atoms with E-state index in [1.165, 1.54) is 0 Å². The van der Waals surface area contributed by atoms with Crippen molar-refractivity contribution in [3.63, 3.8) is 0 Å². The third-order valence-corrected chi connectivity index (χ3v) is 5.43. The van der Waals surface area contributed by atoms with E-state index in [1.54, 1.807) is 55.6 Å². The molecule has 0 saturated heterocycles. The first-order chi connectivity index (χ1) is 12.4. The second-order valence-electron chi connectivity index (χ2n) is 5.78. The molecule has 8 heteroatoms. The maximum Gasteiger partial charge on any atom is 0.252 e. The van der Waals surface area contributed by atoms with Crippen molar-refractivity contribution in [3.05, 3.63) is 75.0 Å². The van der Waals surface area contributed by atoms with Crippen LogP contribution >= 0.6 is 11.6 Å². The van der Waals surface area contributed by atoms with Crippen LogP contribution in [0.5, 0.6) is 5.75 Å². The van der Waals surface area contributed by atoms with Crippen molar-refractivity contribution in [3.8, 4) is 5.75 Å². The van der Waals surface area contributed by atoms with E-state index in [9.17, 15) is 13.2 Å². The van der Waals surface area contributed by atoms with Crippen LogP contribution in [0.4, 0.5) is 0 Å². The van der Waals surface area contributed by atoms with E-state index >= 15 is 0 Å². The lowest BCUT2D eigenvalue weighted by atomic mass is 10.1. The molecule has 1 heterocycles. The maximum absolute atomic E-state index is 12.2. The summed E-state index contributed by atoms with van der Waals surface area (Å²) in [5.41, 5.74) is 1.23. The minimum absolute atomic E-state index is 0.0901. The summed E-state index contributed by atoms with van der Waals surface area (Å²) in [7, 11) is -2.05. The maximum atomic E-state index is 12.2. The predicted molar refractivity (Wildman–Crippen MR) is 102 cm³/mol. The van der Waals surface area contributed by atoms with Crippen molar-refractivity contribution in [2.75, 3.05) is 7.11 Å². The SMILES string of the molecule is COc1ccc2cc(CNS(=O)(=O)Cc3ccc(Cl)cc3)c(=O)[nH]c2c1. The average molecular weight is 393 g/mol. The van der Waals surface area contributed by atoms with Crippen LogP contribution in [0.3, 0.4) is 0 Å². The molecule has 136 valence electrons. The number of methoxy groups -OCH3 is 1. The fourth-order valence-corrected chi connectivity index (χ4v) is 3.76. The molecule has 1 aromatic heterocycles. The Labute approximate surface area is 155 Å². The van der Waals surface area contributed by atoms with Crippen molar-refractivity contribution in [2.24, 2.45) is 0 Å². The molecule has 26 heavy (non-hydrogen) atoms. The molecule has 0 bridgehead atoms. The highest BCUT2D eigenvalue weighted by Crippen LogP contribution is 2.18. The van der Waals surface area contributed by atoms with Gasteiger partial charge in [0.05, 0.1) is 18.4 Å². The monoisotopic (exact) mass is 392 g/mol. The van der Waals surface area contributed by atoms with Crippen molar-refractivity contribution in [1.82, 2.24) is 9.71 Å². The van der Waals surface area contributed by atoms with Gasteiger partial charge in [0.15, 0.2) is 0 Å². The standard InChI is InChI=1S/C18H17ClN2O4S/c1-25-16-7-4-13-8-14(18(22)21-17(13)9-16)10-20-26(23,24)11-12-2-5-15(19)6-3-12/h2-9,20H,10-11H2,1H3,(H,21,22).